The number of hydrogen-bond donors (Lipinski definition) is 2. The maximum absolute atomic E-state index is 13.1. The fourth-order valence-electron chi connectivity index (χ4n) is 3.24. The van der Waals surface area contributed by atoms with Crippen LogP contribution in [-0.2, 0) is 17.6 Å². The summed E-state index contributed by atoms with van der Waals surface area (Å²) in [5.41, 5.74) is 1.20. The quantitative estimate of drug-likeness (QED) is 0.870. The highest BCUT2D eigenvalue weighted by atomic mass is 32.1. The second kappa shape index (κ2) is 6.93. The first-order valence-corrected chi connectivity index (χ1v) is 9.42. The molecule has 2 aromatic heterocycles. The molecular weight excluding hydrogens is 324 g/mol. The van der Waals surface area contributed by atoms with E-state index in [1.54, 1.807) is 15.9 Å². The van der Waals surface area contributed by atoms with Gasteiger partial charge in [-0.15, -0.1) is 11.3 Å². The third-order valence-corrected chi connectivity index (χ3v) is 5.50. The van der Waals surface area contributed by atoms with Gasteiger partial charge in [0.2, 0.25) is 11.9 Å². The molecule has 6 nitrogen and oxygen atoms in total. The van der Waals surface area contributed by atoms with Gasteiger partial charge in [-0.3, -0.25) is 14.2 Å². The van der Waals surface area contributed by atoms with Gasteiger partial charge in [-0.05, 0) is 52.0 Å². The Morgan fingerprint density at radius 2 is 2.08 bits per heavy atom. The number of likely N-dealkylation sites (N-methyl/N-ethyl adjacent to an activating group) is 1. The van der Waals surface area contributed by atoms with Crippen LogP contribution in [-0.4, -0.2) is 28.5 Å². The van der Waals surface area contributed by atoms with Crippen LogP contribution in [0.4, 0.5) is 5.95 Å². The molecule has 0 unspecified atom stereocenters. The molecule has 0 aromatic carbocycles. The molecule has 1 amide bonds. The molecule has 1 aliphatic carbocycles. The normalized spacial score (nSPS) is 14.0. The Bertz CT molecular complexity index is 822. The van der Waals surface area contributed by atoms with Crippen molar-refractivity contribution in [2.75, 3.05) is 18.4 Å². The third-order valence-electron chi connectivity index (χ3n) is 4.32. The first-order chi connectivity index (χ1) is 11.5. The lowest BCUT2D eigenvalue weighted by atomic mass is 9.97. The molecule has 0 spiro atoms. The van der Waals surface area contributed by atoms with E-state index < -0.39 is 0 Å². The van der Waals surface area contributed by atoms with Crippen molar-refractivity contribution in [2.45, 2.75) is 52.5 Å². The van der Waals surface area contributed by atoms with Crippen LogP contribution in [0, 0.1) is 0 Å². The monoisotopic (exact) mass is 348 g/mol. The van der Waals surface area contributed by atoms with Crippen molar-refractivity contribution >= 4 is 33.4 Å². The standard InChI is InChI=1S/C17H24N4O2S/c1-4-18-13(22)9-19-17-20-15-14(16(23)21(17)10(2)3)11-7-5-6-8-12(11)24-15/h10H,4-9H2,1-3H3,(H,18,22)(H,19,20). The average Bonchev–Trinajstić information content (AvgIpc) is 2.91. The second-order valence-corrected chi connectivity index (χ2v) is 7.49. The van der Waals surface area contributed by atoms with Gasteiger partial charge in [0.25, 0.3) is 5.56 Å². The number of anilines is 1. The number of nitrogens with zero attached hydrogens (tertiary/aromatic N) is 2. The van der Waals surface area contributed by atoms with Crippen LogP contribution in [0.25, 0.3) is 10.2 Å². The first-order valence-electron chi connectivity index (χ1n) is 8.60. The van der Waals surface area contributed by atoms with E-state index in [4.69, 9.17) is 0 Å². The Morgan fingerprint density at radius 1 is 1.33 bits per heavy atom. The van der Waals surface area contributed by atoms with Crippen molar-refractivity contribution in [1.29, 1.82) is 0 Å². The van der Waals surface area contributed by atoms with Gasteiger partial charge in [-0.25, -0.2) is 4.98 Å². The summed E-state index contributed by atoms with van der Waals surface area (Å²) in [4.78, 5) is 31.6. The molecule has 7 heteroatoms. The Kier molecular flexibility index (Phi) is 4.89. The first kappa shape index (κ1) is 17.0. The summed E-state index contributed by atoms with van der Waals surface area (Å²) in [6.07, 6.45) is 4.33. The number of carbonyl (C=O) groups excluding carboxylic acids is 1. The highest BCUT2D eigenvalue weighted by Crippen LogP contribution is 2.34. The van der Waals surface area contributed by atoms with E-state index in [0.717, 1.165) is 29.5 Å². The number of fused-ring (bicyclic) bond motifs is 3. The minimum absolute atomic E-state index is 0.00722. The lowest BCUT2D eigenvalue weighted by Gasteiger charge is -2.17. The number of aryl methyl sites for hydroxylation is 2. The maximum atomic E-state index is 13.1. The van der Waals surface area contributed by atoms with E-state index in [2.05, 4.69) is 15.6 Å². The smallest absolute Gasteiger partial charge is 0.264 e. The van der Waals surface area contributed by atoms with E-state index in [1.807, 2.05) is 20.8 Å². The molecule has 0 fully saturated rings. The van der Waals surface area contributed by atoms with Crippen LogP contribution in [0.3, 0.4) is 0 Å². The molecule has 2 aromatic rings. The molecular formula is C17H24N4O2S. The van der Waals surface area contributed by atoms with Gasteiger partial charge in [0.15, 0.2) is 0 Å². The Balaban J connectivity index is 2.06. The molecule has 0 saturated carbocycles. The van der Waals surface area contributed by atoms with Crippen LogP contribution in [0.1, 0.15) is 50.1 Å². The fourth-order valence-corrected chi connectivity index (χ4v) is 4.49. The van der Waals surface area contributed by atoms with Crippen LogP contribution >= 0.6 is 11.3 Å². The predicted molar refractivity (Wildman–Crippen MR) is 98.1 cm³/mol. The lowest BCUT2D eigenvalue weighted by Crippen LogP contribution is -2.33. The van der Waals surface area contributed by atoms with Crippen molar-refractivity contribution in [2.24, 2.45) is 0 Å². The molecule has 24 heavy (non-hydrogen) atoms. The Morgan fingerprint density at radius 3 is 2.79 bits per heavy atom. The van der Waals surface area contributed by atoms with Crippen molar-refractivity contribution in [3.05, 3.63) is 20.8 Å². The zero-order valence-electron chi connectivity index (χ0n) is 14.4. The van der Waals surface area contributed by atoms with Crippen molar-refractivity contribution in [1.82, 2.24) is 14.9 Å². The number of amides is 1. The molecule has 0 bridgehead atoms. The van der Waals surface area contributed by atoms with Crippen molar-refractivity contribution in [3.8, 4) is 0 Å². The number of carbonyl (C=O) groups is 1. The molecule has 1 aliphatic rings. The molecule has 0 atom stereocenters. The summed E-state index contributed by atoms with van der Waals surface area (Å²) in [5.74, 6) is 0.375. The van der Waals surface area contributed by atoms with E-state index in [9.17, 15) is 9.59 Å². The van der Waals surface area contributed by atoms with Gasteiger partial charge in [0.1, 0.15) is 4.83 Å². The van der Waals surface area contributed by atoms with Gasteiger partial charge >= 0.3 is 0 Å². The summed E-state index contributed by atoms with van der Waals surface area (Å²) in [5, 5.41) is 6.57. The maximum Gasteiger partial charge on any atom is 0.264 e. The van der Waals surface area contributed by atoms with E-state index in [-0.39, 0.29) is 24.1 Å². The van der Waals surface area contributed by atoms with Crippen molar-refractivity contribution in [3.63, 3.8) is 0 Å². The zero-order chi connectivity index (χ0) is 17.3. The van der Waals surface area contributed by atoms with Gasteiger partial charge < -0.3 is 10.6 Å². The van der Waals surface area contributed by atoms with Crippen LogP contribution in [0.5, 0.6) is 0 Å². The van der Waals surface area contributed by atoms with E-state index >= 15 is 0 Å². The Hall–Kier alpha value is -1.89. The summed E-state index contributed by atoms with van der Waals surface area (Å²) in [6.45, 7) is 6.50. The summed E-state index contributed by atoms with van der Waals surface area (Å²) in [6, 6.07) is -0.0229. The van der Waals surface area contributed by atoms with Crippen LogP contribution in [0.2, 0.25) is 0 Å². The van der Waals surface area contributed by atoms with Gasteiger partial charge in [-0.2, -0.15) is 0 Å². The number of hydrogen-bond acceptors (Lipinski definition) is 5. The number of nitrogens with one attached hydrogen (secondary N) is 2. The SMILES string of the molecule is CCNC(=O)CNc1nc2sc3c(c2c(=O)n1C(C)C)CCCC3. The number of aromatic nitrogens is 2. The molecule has 3 rings (SSSR count). The van der Waals surface area contributed by atoms with Gasteiger partial charge in [0, 0.05) is 17.5 Å². The molecule has 2 N–H and O–H groups in total. The molecule has 0 saturated heterocycles. The molecule has 2 heterocycles. The highest BCUT2D eigenvalue weighted by molar-refractivity contribution is 7.18. The highest BCUT2D eigenvalue weighted by Gasteiger charge is 2.23. The molecule has 130 valence electrons. The minimum atomic E-state index is -0.104. The summed E-state index contributed by atoms with van der Waals surface area (Å²) < 4.78 is 1.67. The lowest BCUT2D eigenvalue weighted by molar-refractivity contribution is -0.119. The van der Waals surface area contributed by atoms with Crippen molar-refractivity contribution < 1.29 is 4.79 Å². The minimum Gasteiger partial charge on any atom is -0.355 e. The van der Waals surface area contributed by atoms with Gasteiger partial charge in [-0.1, -0.05) is 0 Å². The Labute approximate surface area is 145 Å². The van der Waals surface area contributed by atoms with E-state index in [1.165, 1.54) is 16.9 Å². The number of rotatable bonds is 5. The summed E-state index contributed by atoms with van der Waals surface area (Å²) >= 11 is 1.63. The third kappa shape index (κ3) is 3.05. The predicted octanol–water partition coefficient (Wildman–Crippen LogP) is 2.47. The molecule has 0 radical (unpaired) electrons. The van der Waals surface area contributed by atoms with E-state index in [0.29, 0.717) is 12.5 Å². The van der Waals surface area contributed by atoms with Crippen LogP contribution < -0.4 is 16.2 Å². The largest absolute Gasteiger partial charge is 0.355 e. The average molecular weight is 348 g/mol. The molecule has 0 aliphatic heterocycles. The van der Waals surface area contributed by atoms with Crippen LogP contribution in [0.15, 0.2) is 4.79 Å². The second-order valence-electron chi connectivity index (χ2n) is 6.40. The zero-order valence-corrected chi connectivity index (χ0v) is 15.3. The number of thiophene rings is 1. The summed E-state index contributed by atoms with van der Waals surface area (Å²) in [7, 11) is 0. The van der Waals surface area contributed by atoms with Gasteiger partial charge in [0.05, 0.1) is 11.9 Å². The fraction of sp³-hybridized carbons (Fsp3) is 0.588. The topological polar surface area (TPSA) is 76.0 Å².